The predicted molar refractivity (Wildman–Crippen MR) is 71.6 cm³/mol. The lowest BCUT2D eigenvalue weighted by atomic mass is 10.1. The molecule has 1 aromatic rings. The standard InChI is InChI=1S/C12H15ClN2O4/c1-14(6-3-7-19-2)12(16)10-8-9(15(17)18)4-5-11(10)13/h4-5,8H,3,6-7H2,1-2H3. The molecule has 1 rings (SSSR count). The Labute approximate surface area is 116 Å². The van der Waals surface area contributed by atoms with Crippen LogP contribution in [0.15, 0.2) is 18.2 Å². The molecule has 0 fully saturated rings. The average molecular weight is 287 g/mol. The zero-order valence-electron chi connectivity index (χ0n) is 10.8. The highest BCUT2D eigenvalue weighted by molar-refractivity contribution is 6.33. The van der Waals surface area contributed by atoms with Crippen molar-refractivity contribution >= 4 is 23.2 Å². The zero-order chi connectivity index (χ0) is 14.4. The fourth-order valence-corrected chi connectivity index (χ4v) is 1.74. The maximum atomic E-state index is 12.1. The van der Waals surface area contributed by atoms with Gasteiger partial charge in [-0.3, -0.25) is 14.9 Å². The molecular weight excluding hydrogens is 272 g/mol. The maximum absolute atomic E-state index is 12.1. The van der Waals surface area contributed by atoms with Crippen LogP contribution in [0.1, 0.15) is 16.8 Å². The van der Waals surface area contributed by atoms with Gasteiger partial charge in [0.2, 0.25) is 0 Å². The van der Waals surface area contributed by atoms with Crippen molar-refractivity contribution in [1.29, 1.82) is 0 Å². The first-order chi connectivity index (χ1) is 8.97. The lowest BCUT2D eigenvalue weighted by molar-refractivity contribution is -0.384. The second kappa shape index (κ2) is 7.06. The number of carbonyl (C=O) groups excluding carboxylic acids is 1. The summed E-state index contributed by atoms with van der Waals surface area (Å²) >= 11 is 5.91. The van der Waals surface area contributed by atoms with E-state index in [1.807, 2.05) is 0 Å². The van der Waals surface area contributed by atoms with Crippen LogP contribution in [0.5, 0.6) is 0 Å². The number of ether oxygens (including phenoxy) is 1. The van der Waals surface area contributed by atoms with Crippen LogP contribution in [-0.2, 0) is 4.74 Å². The van der Waals surface area contributed by atoms with E-state index in [4.69, 9.17) is 16.3 Å². The Bertz CT molecular complexity index is 479. The summed E-state index contributed by atoms with van der Waals surface area (Å²) in [7, 11) is 3.20. The second-order valence-electron chi connectivity index (χ2n) is 3.99. The number of non-ortho nitro benzene ring substituents is 1. The van der Waals surface area contributed by atoms with Gasteiger partial charge in [-0.1, -0.05) is 11.6 Å². The van der Waals surface area contributed by atoms with E-state index < -0.39 is 4.92 Å². The van der Waals surface area contributed by atoms with Crippen molar-refractivity contribution in [3.05, 3.63) is 38.9 Å². The molecule has 0 spiro atoms. The molecule has 0 saturated carbocycles. The summed E-state index contributed by atoms with van der Waals surface area (Å²) in [6.07, 6.45) is 0.686. The van der Waals surface area contributed by atoms with Crippen LogP contribution in [0, 0.1) is 10.1 Å². The molecule has 0 unspecified atom stereocenters. The van der Waals surface area contributed by atoms with Gasteiger partial charge >= 0.3 is 0 Å². The van der Waals surface area contributed by atoms with Gasteiger partial charge in [0.25, 0.3) is 11.6 Å². The Morgan fingerprint density at radius 2 is 2.21 bits per heavy atom. The van der Waals surface area contributed by atoms with Crippen molar-refractivity contribution in [2.24, 2.45) is 0 Å². The highest BCUT2D eigenvalue weighted by atomic mass is 35.5. The molecule has 0 aliphatic heterocycles. The van der Waals surface area contributed by atoms with Gasteiger partial charge in [0, 0.05) is 39.4 Å². The highest BCUT2D eigenvalue weighted by Gasteiger charge is 2.18. The third-order valence-electron chi connectivity index (χ3n) is 2.58. The number of halogens is 1. The van der Waals surface area contributed by atoms with Crippen molar-refractivity contribution in [2.75, 3.05) is 27.3 Å². The Morgan fingerprint density at radius 1 is 1.53 bits per heavy atom. The van der Waals surface area contributed by atoms with Gasteiger partial charge in [0.05, 0.1) is 15.5 Å². The van der Waals surface area contributed by atoms with E-state index in [1.54, 1.807) is 14.2 Å². The number of rotatable bonds is 6. The smallest absolute Gasteiger partial charge is 0.270 e. The molecule has 104 valence electrons. The molecule has 0 bridgehead atoms. The summed E-state index contributed by atoms with van der Waals surface area (Å²) in [4.78, 5) is 23.7. The van der Waals surface area contributed by atoms with Crippen LogP contribution in [0.25, 0.3) is 0 Å². The van der Waals surface area contributed by atoms with Crippen LogP contribution < -0.4 is 0 Å². The lowest BCUT2D eigenvalue weighted by Gasteiger charge is -2.17. The Morgan fingerprint density at radius 3 is 2.79 bits per heavy atom. The summed E-state index contributed by atoms with van der Waals surface area (Å²) in [6, 6.07) is 3.82. The summed E-state index contributed by atoms with van der Waals surface area (Å²) in [5.41, 5.74) is -0.0196. The molecule has 1 aromatic carbocycles. The number of hydrogen-bond acceptors (Lipinski definition) is 4. The predicted octanol–water partition coefficient (Wildman–Crippen LogP) is 2.36. The molecule has 19 heavy (non-hydrogen) atoms. The van der Waals surface area contributed by atoms with Crippen LogP contribution in [0.2, 0.25) is 5.02 Å². The van der Waals surface area contributed by atoms with Gasteiger partial charge in [-0.25, -0.2) is 0 Å². The van der Waals surface area contributed by atoms with E-state index in [2.05, 4.69) is 0 Å². The fraction of sp³-hybridized carbons (Fsp3) is 0.417. The molecule has 0 radical (unpaired) electrons. The molecule has 0 aliphatic carbocycles. The maximum Gasteiger partial charge on any atom is 0.270 e. The molecule has 1 amide bonds. The number of benzene rings is 1. The number of methoxy groups -OCH3 is 1. The first-order valence-electron chi connectivity index (χ1n) is 5.65. The third-order valence-corrected chi connectivity index (χ3v) is 2.91. The average Bonchev–Trinajstić information content (AvgIpc) is 2.38. The fourth-order valence-electron chi connectivity index (χ4n) is 1.54. The monoisotopic (exact) mass is 286 g/mol. The molecule has 0 aliphatic rings. The van der Waals surface area contributed by atoms with E-state index in [9.17, 15) is 14.9 Å². The largest absolute Gasteiger partial charge is 0.385 e. The minimum absolute atomic E-state index is 0.135. The minimum atomic E-state index is -0.558. The van der Waals surface area contributed by atoms with E-state index in [1.165, 1.54) is 23.1 Å². The Balaban J connectivity index is 2.86. The molecule has 0 N–H and O–H groups in total. The van der Waals surface area contributed by atoms with Crippen LogP contribution in [0.3, 0.4) is 0 Å². The van der Waals surface area contributed by atoms with E-state index >= 15 is 0 Å². The normalized spacial score (nSPS) is 10.3. The van der Waals surface area contributed by atoms with Crippen molar-refractivity contribution in [3.8, 4) is 0 Å². The first kappa shape index (κ1) is 15.4. The summed E-state index contributed by atoms with van der Waals surface area (Å²) < 4.78 is 4.90. The van der Waals surface area contributed by atoms with Crippen molar-refractivity contribution in [2.45, 2.75) is 6.42 Å². The first-order valence-corrected chi connectivity index (χ1v) is 6.03. The van der Waals surface area contributed by atoms with Gasteiger partial charge in [0.15, 0.2) is 0 Å². The van der Waals surface area contributed by atoms with Gasteiger partial charge < -0.3 is 9.64 Å². The zero-order valence-corrected chi connectivity index (χ0v) is 11.5. The molecule has 0 aromatic heterocycles. The van der Waals surface area contributed by atoms with Crippen molar-refractivity contribution < 1.29 is 14.5 Å². The van der Waals surface area contributed by atoms with Gasteiger partial charge in [-0.2, -0.15) is 0 Å². The number of carbonyl (C=O) groups is 1. The SMILES string of the molecule is COCCCN(C)C(=O)c1cc([N+](=O)[O-])ccc1Cl. The number of amides is 1. The van der Waals surface area contributed by atoms with Crippen molar-refractivity contribution in [3.63, 3.8) is 0 Å². The molecule has 0 heterocycles. The van der Waals surface area contributed by atoms with E-state index in [0.29, 0.717) is 19.6 Å². The number of nitrogens with zero attached hydrogens (tertiary/aromatic N) is 2. The molecule has 7 heteroatoms. The van der Waals surface area contributed by atoms with Crippen LogP contribution in [-0.4, -0.2) is 43.0 Å². The quantitative estimate of drug-likeness (QED) is 0.457. The summed E-state index contributed by atoms with van der Waals surface area (Å²) in [6.45, 7) is 1.03. The van der Waals surface area contributed by atoms with Gasteiger partial charge in [0.1, 0.15) is 0 Å². The minimum Gasteiger partial charge on any atom is -0.385 e. The van der Waals surface area contributed by atoms with Crippen LogP contribution in [0.4, 0.5) is 5.69 Å². The van der Waals surface area contributed by atoms with Gasteiger partial charge in [-0.15, -0.1) is 0 Å². The number of nitro groups is 1. The Hall–Kier alpha value is -1.66. The summed E-state index contributed by atoms with van der Waals surface area (Å²) in [5.74, 6) is -0.343. The number of hydrogen-bond donors (Lipinski definition) is 0. The third kappa shape index (κ3) is 4.18. The van der Waals surface area contributed by atoms with Gasteiger partial charge in [-0.05, 0) is 12.5 Å². The lowest BCUT2D eigenvalue weighted by Crippen LogP contribution is -2.28. The molecule has 0 saturated heterocycles. The molecular formula is C12H15ClN2O4. The number of nitro benzene ring substituents is 1. The summed E-state index contributed by atoms with van der Waals surface area (Å²) in [5, 5.41) is 10.9. The Kier molecular flexibility index (Phi) is 5.72. The topological polar surface area (TPSA) is 72.7 Å². The highest BCUT2D eigenvalue weighted by Crippen LogP contribution is 2.23. The van der Waals surface area contributed by atoms with Crippen LogP contribution >= 0.6 is 11.6 Å². The molecule has 0 atom stereocenters. The second-order valence-corrected chi connectivity index (χ2v) is 4.40. The van der Waals surface area contributed by atoms with E-state index in [0.717, 1.165) is 0 Å². The molecule has 6 nitrogen and oxygen atoms in total. The van der Waals surface area contributed by atoms with Crippen molar-refractivity contribution in [1.82, 2.24) is 4.90 Å². The van der Waals surface area contributed by atoms with E-state index in [-0.39, 0.29) is 22.2 Å².